The number of hydrogen-bond donors (Lipinski definition) is 2. The maximum Gasteiger partial charge on any atom is 0.192 e. The molecular formula is C12H10F2N4S. The van der Waals surface area contributed by atoms with Crippen LogP contribution >= 0.6 is 11.8 Å². The van der Waals surface area contributed by atoms with Crippen molar-refractivity contribution in [1.29, 1.82) is 5.41 Å². The van der Waals surface area contributed by atoms with Gasteiger partial charge in [-0.1, -0.05) is 0 Å². The molecule has 3 N–H and O–H groups in total. The molecule has 0 atom stereocenters. The summed E-state index contributed by atoms with van der Waals surface area (Å²) in [5.41, 5.74) is 6.05. The summed E-state index contributed by atoms with van der Waals surface area (Å²) in [6, 6.07) is 2.03. The molecular weight excluding hydrogens is 270 g/mol. The molecule has 0 fully saturated rings. The van der Waals surface area contributed by atoms with Gasteiger partial charge in [0.05, 0.1) is 4.90 Å². The number of nitrogens with zero attached hydrogens (tertiary/aromatic N) is 2. The number of aryl methyl sites for hydroxylation is 1. The third-order valence-electron chi connectivity index (χ3n) is 2.26. The molecule has 4 nitrogen and oxygen atoms in total. The SMILES string of the molecule is Cc1cnc(Sc2c(F)cc(C(=N)N)cc2F)nc1. The van der Waals surface area contributed by atoms with Gasteiger partial charge in [0.15, 0.2) is 5.16 Å². The van der Waals surface area contributed by atoms with E-state index in [0.29, 0.717) is 0 Å². The molecule has 1 aromatic carbocycles. The smallest absolute Gasteiger partial charge is 0.192 e. The van der Waals surface area contributed by atoms with Gasteiger partial charge in [0.2, 0.25) is 0 Å². The van der Waals surface area contributed by atoms with E-state index in [1.165, 1.54) is 0 Å². The molecule has 0 aliphatic heterocycles. The Morgan fingerprint density at radius 2 is 1.74 bits per heavy atom. The van der Waals surface area contributed by atoms with Gasteiger partial charge in [0.1, 0.15) is 17.5 Å². The Bertz CT molecular complexity index is 605. The lowest BCUT2D eigenvalue weighted by molar-refractivity contribution is 0.539. The molecule has 0 aliphatic rings. The van der Waals surface area contributed by atoms with Crippen LogP contribution in [0.25, 0.3) is 0 Å². The predicted molar refractivity (Wildman–Crippen MR) is 68.3 cm³/mol. The Kier molecular flexibility index (Phi) is 3.75. The van der Waals surface area contributed by atoms with Crippen molar-refractivity contribution in [2.75, 3.05) is 0 Å². The van der Waals surface area contributed by atoms with Gasteiger partial charge in [-0.05, 0) is 36.4 Å². The first-order valence-electron chi connectivity index (χ1n) is 5.27. The van der Waals surface area contributed by atoms with Crippen molar-refractivity contribution in [2.45, 2.75) is 17.0 Å². The summed E-state index contributed by atoms with van der Waals surface area (Å²) in [5.74, 6) is -1.97. The highest BCUT2D eigenvalue weighted by molar-refractivity contribution is 7.99. The molecule has 19 heavy (non-hydrogen) atoms. The standard InChI is InChI=1S/C12H10F2N4S/c1-6-4-17-12(18-5-6)19-10-8(13)2-7(11(15)16)3-9(10)14/h2-5H,1H3,(H3,15,16). The summed E-state index contributed by atoms with van der Waals surface area (Å²) in [6.45, 7) is 1.82. The number of nitrogens with two attached hydrogens (primary N) is 1. The van der Waals surface area contributed by atoms with E-state index >= 15 is 0 Å². The number of benzene rings is 1. The van der Waals surface area contributed by atoms with E-state index in [1.807, 2.05) is 6.92 Å². The zero-order valence-electron chi connectivity index (χ0n) is 9.95. The minimum Gasteiger partial charge on any atom is -0.384 e. The van der Waals surface area contributed by atoms with Gasteiger partial charge in [-0.15, -0.1) is 0 Å². The second kappa shape index (κ2) is 5.31. The quantitative estimate of drug-likeness (QED) is 0.514. The Balaban J connectivity index is 2.35. The van der Waals surface area contributed by atoms with Crippen LogP contribution in [0.4, 0.5) is 8.78 Å². The fourth-order valence-corrected chi connectivity index (χ4v) is 2.04. The number of nitrogen functional groups attached to an aromatic ring is 1. The minimum atomic E-state index is -0.792. The number of halogens is 2. The van der Waals surface area contributed by atoms with Crippen LogP contribution in [0.5, 0.6) is 0 Å². The Morgan fingerprint density at radius 3 is 2.21 bits per heavy atom. The number of nitrogens with one attached hydrogen (secondary N) is 1. The molecule has 1 aromatic heterocycles. The molecule has 0 bridgehead atoms. The predicted octanol–water partition coefficient (Wildman–Crippen LogP) is 2.50. The van der Waals surface area contributed by atoms with Gasteiger partial charge < -0.3 is 5.73 Å². The summed E-state index contributed by atoms with van der Waals surface area (Å²) in [4.78, 5) is 7.72. The number of aromatic nitrogens is 2. The number of hydrogen-bond acceptors (Lipinski definition) is 4. The molecule has 2 rings (SSSR count). The van der Waals surface area contributed by atoms with E-state index in [0.717, 1.165) is 29.5 Å². The molecule has 98 valence electrons. The van der Waals surface area contributed by atoms with E-state index in [2.05, 4.69) is 9.97 Å². The van der Waals surface area contributed by atoms with E-state index in [-0.39, 0.29) is 21.5 Å². The molecule has 0 radical (unpaired) electrons. The van der Waals surface area contributed by atoms with Crippen LogP contribution < -0.4 is 5.73 Å². The van der Waals surface area contributed by atoms with Crippen LogP contribution in [0.3, 0.4) is 0 Å². The summed E-state index contributed by atoms with van der Waals surface area (Å²) in [7, 11) is 0. The molecule has 7 heteroatoms. The van der Waals surface area contributed by atoms with Crippen molar-refractivity contribution < 1.29 is 8.78 Å². The van der Waals surface area contributed by atoms with E-state index in [9.17, 15) is 8.78 Å². The van der Waals surface area contributed by atoms with Crippen LogP contribution in [0.2, 0.25) is 0 Å². The maximum atomic E-state index is 13.8. The van der Waals surface area contributed by atoms with Gasteiger partial charge >= 0.3 is 0 Å². The van der Waals surface area contributed by atoms with Crippen LogP contribution in [0.1, 0.15) is 11.1 Å². The number of rotatable bonds is 3. The zero-order chi connectivity index (χ0) is 14.0. The van der Waals surface area contributed by atoms with E-state index in [1.54, 1.807) is 12.4 Å². The van der Waals surface area contributed by atoms with Crippen LogP contribution in [-0.2, 0) is 0 Å². The van der Waals surface area contributed by atoms with E-state index < -0.39 is 11.6 Å². The van der Waals surface area contributed by atoms with Crippen molar-refractivity contribution >= 4 is 17.6 Å². The molecule has 0 spiro atoms. The Hall–Kier alpha value is -2.02. The Labute approximate surface area is 112 Å². The zero-order valence-corrected chi connectivity index (χ0v) is 10.8. The average Bonchev–Trinajstić information content (AvgIpc) is 2.35. The monoisotopic (exact) mass is 280 g/mol. The summed E-state index contributed by atoms with van der Waals surface area (Å²) in [5, 5.41) is 7.41. The largest absolute Gasteiger partial charge is 0.384 e. The molecule has 0 saturated heterocycles. The highest BCUT2D eigenvalue weighted by atomic mass is 32.2. The third-order valence-corrected chi connectivity index (χ3v) is 3.25. The maximum absolute atomic E-state index is 13.8. The van der Waals surface area contributed by atoms with Gasteiger partial charge in [-0.2, -0.15) is 0 Å². The topological polar surface area (TPSA) is 75.7 Å². The molecule has 0 saturated carbocycles. The first-order valence-corrected chi connectivity index (χ1v) is 6.09. The van der Waals surface area contributed by atoms with Crippen molar-refractivity contribution in [3.05, 3.63) is 47.3 Å². The van der Waals surface area contributed by atoms with Crippen molar-refractivity contribution in [3.63, 3.8) is 0 Å². The second-order valence-electron chi connectivity index (χ2n) is 3.83. The van der Waals surface area contributed by atoms with Crippen molar-refractivity contribution in [3.8, 4) is 0 Å². The lowest BCUT2D eigenvalue weighted by Crippen LogP contribution is -2.12. The van der Waals surface area contributed by atoms with Crippen molar-refractivity contribution in [1.82, 2.24) is 9.97 Å². The number of amidine groups is 1. The molecule has 1 heterocycles. The lowest BCUT2D eigenvalue weighted by Gasteiger charge is -2.06. The lowest BCUT2D eigenvalue weighted by atomic mass is 10.2. The van der Waals surface area contributed by atoms with E-state index in [4.69, 9.17) is 11.1 Å². The molecule has 2 aromatic rings. The highest BCUT2D eigenvalue weighted by Crippen LogP contribution is 2.30. The fourth-order valence-electron chi connectivity index (χ4n) is 1.34. The minimum absolute atomic E-state index is 0.00387. The molecule has 0 unspecified atom stereocenters. The second-order valence-corrected chi connectivity index (χ2v) is 4.81. The van der Waals surface area contributed by atoms with Crippen LogP contribution in [0, 0.1) is 24.0 Å². The van der Waals surface area contributed by atoms with Crippen molar-refractivity contribution in [2.24, 2.45) is 5.73 Å². The molecule has 0 amide bonds. The van der Waals surface area contributed by atoms with Gasteiger partial charge in [-0.3, -0.25) is 5.41 Å². The summed E-state index contributed by atoms with van der Waals surface area (Å²) >= 11 is 0.786. The molecule has 0 aliphatic carbocycles. The van der Waals surface area contributed by atoms with Gasteiger partial charge in [0, 0.05) is 18.0 Å². The van der Waals surface area contributed by atoms with Crippen LogP contribution in [0.15, 0.2) is 34.6 Å². The fraction of sp³-hybridized carbons (Fsp3) is 0.0833. The van der Waals surface area contributed by atoms with Gasteiger partial charge in [0.25, 0.3) is 0 Å². The third kappa shape index (κ3) is 3.05. The summed E-state index contributed by atoms with van der Waals surface area (Å²) < 4.78 is 27.5. The summed E-state index contributed by atoms with van der Waals surface area (Å²) in [6.07, 6.45) is 3.13. The first-order chi connectivity index (χ1) is 8.97. The first kappa shape index (κ1) is 13.4. The normalized spacial score (nSPS) is 10.5. The van der Waals surface area contributed by atoms with Gasteiger partial charge in [-0.25, -0.2) is 18.7 Å². The highest BCUT2D eigenvalue weighted by Gasteiger charge is 2.15. The average molecular weight is 280 g/mol. The Morgan fingerprint density at radius 1 is 1.21 bits per heavy atom. The van der Waals surface area contributed by atoms with Crippen LogP contribution in [-0.4, -0.2) is 15.8 Å².